The molecule has 142 valence electrons. The van der Waals surface area contributed by atoms with Gasteiger partial charge in [-0.3, -0.25) is 4.79 Å². The average molecular weight is 379 g/mol. The quantitative estimate of drug-likeness (QED) is 0.601. The van der Waals surface area contributed by atoms with E-state index in [0.717, 1.165) is 36.5 Å². The Bertz CT molecular complexity index is 715. The van der Waals surface area contributed by atoms with Crippen molar-refractivity contribution in [2.75, 3.05) is 6.54 Å². The van der Waals surface area contributed by atoms with Gasteiger partial charge in [0.25, 0.3) is 5.91 Å². The largest absolute Gasteiger partial charge is 0.486 e. The third-order valence-corrected chi connectivity index (χ3v) is 5.47. The Morgan fingerprint density at radius 3 is 2.62 bits per heavy atom. The fraction of sp³-hybridized carbons (Fsp3) is 0.500. The van der Waals surface area contributed by atoms with Gasteiger partial charge in [0.15, 0.2) is 0 Å². The van der Waals surface area contributed by atoms with E-state index in [0.29, 0.717) is 10.6 Å². The second-order valence-electron chi connectivity index (χ2n) is 6.37. The summed E-state index contributed by atoms with van der Waals surface area (Å²) in [4.78, 5) is 20.1. The maximum absolute atomic E-state index is 13.0. The van der Waals surface area contributed by atoms with Gasteiger partial charge in [-0.1, -0.05) is 20.3 Å². The summed E-state index contributed by atoms with van der Waals surface area (Å²) in [5.74, 6) is 0.333. The van der Waals surface area contributed by atoms with Crippen LogP contribution in [-0.4, -0.2) is 28.4 Å². The summed E-state index contributed by atoms with van der Waals surface area (Å²) in [5, 5.41) is 0.745. The molecule has 0 saturated carbocycles. The van der Waals surface area contributed by atoms with Gasteiger partial charge in [-0.05, 0) is 51.0 Å². The summed E-state index contributed by atoms with van der Waals surface area (Å²) in [6.45, 7) is 9.20. The van der Waals surface area contributed by atoms with Crippen LogP contribution in [0, 0.1) is 12.7 Å². The molecule has 2 aromatic rings. The van der Waals surface area contributed by atoms with Crippen LogP contribution in [0.15, 0.2) is 24.3 Å². The number of carbonyl (C=O) groups excluding carboxylic acids is 1. The first-order chi connectivity index (χ1) is 12.5. The summed E-state index contributed by atoms with van der Waals surface area (Å²) >= 11 is 1.38. The highest BCUT2D eigenvalue weighted by atomic mass is 32.1. The Kier molecular flexibility index (Phi) is 7.57. The third kappa shape index (κ3) is 5.27. The van der Waals surface area contributed by atoms with Crippen LogP contribution in [0.3, 0.4) is 0 Å². The molecule has 1 amide bonds. The summed E-state index contributed by atoms with van der Waals surface area (Å²) in [6.07, 6.45) is 2.97. The van der Waals surface area contributed by atoms with Gasteiger partial charge in [0.05, 0.1) is 5.69 Å². The molecule has 1 atom stereocenters. The molecule has 0 saturated heterocycles. The lowest BCUT2D eigenvalue weighted by molar-refractivity contribution is 0.0689. The molecule has 1 aromatic carbocycles. The number of unbranched alkanes of at least 4 members (excludes halogenated alkanes) is 1. The number of halogens is 1. The molecule has 1 heterocycles. The maximum Gasteiger partial charge on any atom is 0.266 e. The van der Waals surface area contributed by atoms with Crippen LogP contribution in [0.1, 0.15) is 60.4 Å². The number of hydrogen-bond acceptors (Lipinski definition) is 4. The molecule has 0 spiro atoms. The van der Waals surface area contributed by atoms with Crippen molar-refractivity contribution in [1.29, 1.82) is 0 Å². The number of aromatic nitrogens is 1. The van der Waals surface area contributed by atoms with Crippen LogP contribution < -0.4 is 4.74 Å². The zero-order valence-electron chi connectivity index (χ0n) is 15.9. The Morgan fingerprint density at radius 1 is 1.31 bits per heavy atom. The molecule has 0 fully saturated rings. The second kappa shape index (κ2) is 9.67. The number of aryl methyl sites for hydroxylation is 1. The van der Waals surface area contributed by atoms with Crippen molar-refractivity contribution in [1.82, 2.24) is 9.88 Å². The van der Waals surface area contributed by atoms with Crippen LogP contribution in [-0.2, 0) is 6.61 Å². The molecule has 0 aliphatic carbocycles. The number of ether oxygens (including phenoxy) is 1. The third-order valence-electron chi connectivity index (χ3n) is 4.35. The summed E-state index contributed by atoms with van der Waals surface area (Å²) in [5.41, 5.74) is 0.738. The lowest BCUT2D eigenvalue weighted by Crippen LogP contribution is -2.39. The Labute approximate surface area is 159 Å². The molecular formula is C20H27FN2O2S. The van der Waals surface area contributed by atoms with Crippen LogP contribution in [0.5, 0.6) is 5.75 Å². The lowest BCUT2D eigenvalue weighted by atomic mass is 10.2. The molecule has 0 radical (unpaired) electrons. The minimum absolute atomic E-state index is 0.0517. The lowest BCUT2D eigenvalue weighted by Gasteiger charge is -2.28. The van der Waals surface area contributed by atoms with E-state index in [4.69, 9.17) is 4.74 Å². The first-order valence-electron chi connectivity index (χ1n) is 9.11. The van der Waals surface area contributed by atoms with Crippen molar-refractivity contribution in [3.05, 3.63) is 45.7 Å². The molecule has 1 unspecified atom stereocenters. The van der Waals surface area contributed by atoms with E-state index >= 15 is 0 Å². The highest BCUT2D eigenvalue weighted by molar-refractivity contribution is 7.13. The zero-order valence-corrected chi connectivity index (χ0v) is 16.7. The number of rotatable bonds is 9. The number of nitrogens with zero attached hydrogens (tertiary/aromatic N) is 2. The number of benzene rings is 1. The van der Waals surface area contributed by atoms with Gasteiger partial charge in [-0.25, -0.2) is 9.37 Å². The topological polar surface area (TPSA) is 42.4 Å². The molecule has 0 aliphatic heterocycles. The monoisotopic (exact) mass is 378 g/mol. The minimum Gasteiger partial charge on any atom is -0.486 e. The van der Waals surface area contributed by atoms with Gasteiger partial charge in [0.1, 0.15) is 28.1 Å². The number of thiazole rings is 1. The Morgan fingerprint density at radius 2 is 2.00 bits per heavy atom. The van der Waals surface area contributed by atoms with Gasteiger partial charge < -0.3 is 9.64 Å². The standard InChI is InChI=1S/C20H27FN2O2S/c1-5-7-12-23(14(3)6-2)20(24)19-15(4)22-18(26-19)13-25-17-10-8-16(21)9-11-17/h8-11,14H,5-7,12-13H2,1-4H3. The van der Waals surface area contributed by atoms with E-state index in [-0.39, 0.29) is 24.4 Å². The van der Waals surface area contributed by atoms with Crippen LogP contribution in [0.4, 0.5) is 4.39 Å². The van der Waals surface area contributed by atoms with Gasteiger partial charge >= 0.3 is 0 Å². The van der Waals surface area contributed by atoms with Gasteiger partial charge in [-0.15, -0.1) is 11.3 Å². The summed E-state index contributed by atoms with van der Waals surface area (Å²) < 4.78 is 18.6. The van der Waals surface area contributed by atoms with E-state index in [1.807, 2.05) is 11.8 Å². The summed E-state index contributed by atoms with van der Waals surface area (Å²) in [6, 6.07) is 6.08. The smallest absolute Gasteiger partial charge is 0.266 e. The molecule has 2 rings (SSSR count). The van der Waals surface area contributed by atoms with Crippen molar-refractivity contribution in [2.45, 2.75) is 59.6 Å². The Hall–Kier alpha value is -1.95. The maximum atomic E-state index is 13.0. The average Bonchev–Trinajstić information content (AvgIpc) is 3.01. The van der Waals surface area contributed by atoms with Crippen molar-refractivity contribution < 1.29 is 13.9 Å². The molecule has 26 heavy (non-hydrogen) atoms. The summed E-state index contributed by atoms with van der Waals surface area (Å²) in [7, 11) is 0. The molecule has 0 bridgehead atoms. The molecule has 0 aliphatic rings. The van der Waals surface area contributed by atoms with Gasteiger partial charge in [0, 0.05) is 12.6 Å². The molecule has 4 nitrogen and oxygen atoms in total. The second-order valence-corrected chi connectivity index (χ2v) is 7.46. The van der Waals surface area contributed by atoms with E-state index in [2.05, 4.69) is 25.8 Å². The van der Waals surface area contributed by atoms with Gasteiger partial charge in [-0.2, -0.15) is 0 Å². The zero-order chi connectivity index (χ0) is 19.1. The highest BCUT2D eigenvalue weighted by Crippen LogP contribution is 2.23. The van der Waals surface area contributed by atoms with E-state index in [9.17, 15) is 9.18 Å². The van der Waals surface area contributed by atoms with Crippen molar-refractivity contribution in [3.8, 4) is 5.75 Å². The van der Waals surface area contributed by atoms with Crippen LogP contribution >= 0.6 is 11.3 Å². The van der Waals surface area contributed by atoms with Crippen molar-refractivity contribution >= 4 is 17.2 Å². The molecular weight excluding hydrogens is 351 g/mol. The first-order valence-corrected chi connectivity index (χ1v) is 9.93. The molecule has 6 heteroatoms. The normalized spacial score (nSPS) is 12.0. The van der Waals surface area contributed by atoms with Crippen LogP contribution in [0.25, 0.3) is 0 Å². The predicted molar refractivity (Wildman–Crippen MR) is 103 cm³/mol. The van der Waals surface area contributed by atoms with E-state index in [1.165, 1.54) is 23.5 Å². The fourth-order valence-corrected chi connectivity index (χ4v) is 3.52. The SMILES string of the molecule is CCCCN(C(=O)c1sc(COc2ccc(F)cc2)nc1C)C(C)CC. The molecule has 1 aromatic heterocycles. The predicted octanol–water partition coefficient (Wildman–Crippen LogP) is 5.21. The Balaban J connectivity index is 2.09. The number of amides is 1. The van der Waals surface area contributed by atoms with E-state index < -0.39 is 0 Å². The minimum atomic E-state index is -0.299. The van der Waals surface area contributed by atoms with E-state index in [1.54, 1.807) is 12.1 Å². The van der Waals surface area contributed by atoms with Crippen molar-refractivity contribution in [3.63, 3.8) is 0 Å². The van der Waals surface area contributed by atoms with Gasteiger partial charge in [0.2, 0.25) is 0 Å². The van der Waals surface area contributed by atoms with Crippen LogP contribution in [0.2, 0.25) is 0 Å². The molecule has 0 N–H and O–H groups in total. The van der Waals surface area contributed by atoms with Crippen molar-refractivity contribution in [2.24, 2.45) is 0 Å². The first kappa shape index (κ1) is 20.4. The number of hydrogen-bond donors (Lipinski definition) is 0. The number of carbonyl (C=O) groups is 1. The fourth-order valence-electron chi connectivity index (χ4n) is 2.59. The highest BCUT2D eigenvalue weighted by Gasteiger charge is 2.24.